The third-order valence-electron chi connectivity index (χ3n) is 3.38. The number of aromatic nitrogens is 2. The molecule has 0 saturated heterocycles. The number of fused-ring (bicyclic) bond motifs is 1. The highest BCUT2D eigenvalue weighted by molar-refractivity contribution is 5.85. The number of hydrogen-bond acceptors (Lipinski definition) is 2. The minimum absolute atomic E-state index is 0.0720. The van der Waals surface area contributed by atoms with Crippen LogP contribution in [-0.2, 0) is 13.5 Å². The molecule has 1 N–H and O–H groups in total. The predicted molar refractivity (Wildman–Crippen MR) is 67.1 cm³/mol. The molecule has 2 aromatic rings. The lowest BCUT2D eigenvalue weighted by atomic mass is 9.94. The van der Waals surface area contributed by atoms with Gasteiger partial charge in [-0.25, -0.2) is 9.36 Å². The highest BCUT2D eigenvalue weighted by atomic mass is 16.2. The van der Waals surface area contributed by atoms with Gasteiger partial charge < -0.3 is 0 Å². The Balaban J connectivity index is 1.96. The lowest BCUT2D eigenvalue weighted by Crippen LogP contribution is -2.37. The van der Waals surface area contributed by atoms with Gasteiger partial charge in [-0.2, -0.15) is 4.57 Å². The zero-order valence-corrected chi connectivity index (χ0v) is 10.3. The van der Waals surface area contributed by atoms with Crippen molar-refractivity contribution in [2.45, 2.75) is 12.5 Å². The summed E-state index contributed by atoms with van der Waals surface area (Å²) in [6.45, 7) is 0.848. The van der Waals surface area contributed by atoms with Crippen molar-refractivity contribution in [3.8, 4) is 0 Å². The van der Waals surface area contributed by atoms with E-state index in [1.54, 1.807) is 17.1 Å². The maximum absolute atomic E-state index is 12.5. The molecule has 4 nitrogen and oxygen atoms in total. The van der Waals surface area contributed by atoms with E-state index in [1.807, 2.05) is 36.0 Å². The molecule has 0 radical (unpaired) electrons. The number of imidazole rings is 1. The number of aryl methyl sites for hydroxylation is 1. The number of hydrogen-bond donors (Lipinski definition) is 1. The Hall–Kier alpha value is -1.94. The molecule has 3 rings (SSSR count). The second kappa shape index (κ2) is 4.38. The third kappa shape index (κ3) is 1.84. The normalized spacial score (nSPS) is 18.4. The van der Waals surface area contributed by atoms with Gasteiger partial charge in [0.15, 0.2) is 0 Å². The summed E-state index contributed by atoms with van der Waals surface area (Å²) in [7, 11) is 1.91. The smallest absolute Gasteiger partial charge is 0.300 e. The molecule has 1 atom stereocenters. The lowest BCUT2D eigenvalue weighted by Gasteiger charge is -2.23. The van der Waals surface area contributed by atoms with Gasteiger partial charge in [-0.3, -0.25) is 5.32 Å². The molecule has 0 spiro atoms. The largest absolute Gasteiger partial charge is 0.335 e. The van der Waals surface area contributed by atoms with Crippen LogP contribution in [0, 0.1) is 0 Å². The summed E-state index contributed by atoms with van der Waals surface area (Å²) in [6.07, 6.45) is 6.44. The fraction of sp³-hybridized carbons (Fsp3) is 0.286. The number of carbonyl (C=O) groups excluding carboxylic acids is 1. The van der Waals surface area contributed by atoms with E-state index in [1.165, 1.54) is 5.56 Å². The van der Waals surface area contributed by atoms with Crippen LogP contribution >= 0.6 is 0 Å². The zero-order chi connectivity index (χ0) is 12.5. The molecule has 1 aromatic heterocycles. The summed E-state index contributed by atoms with van der Waals surface area (Å²) in [5.41, 5.74) is 2.37. The minimum Gasteiger partial charge on any atom is -0.300 e. The van der Waals surface area contributed by atoms with Gasteiger partial charge in [-0.1, -0.05) is 24.3 Å². The Morgan fingerprint density at radius 2 is 2.28 bits per heavy atom. The van der Waals surface area contributed by atoms with Crippen molar-refractivity contribution < 1.29 is 9.36 Å². The van der Waals surface area contributed by atoms with E-state index in [-0.39, 0.29) is 11.9 Å². The van der Waals surface area contributed by atoms with Crippen LogP contribution in [0.25, 0.3) is 0 Å². The van der Waals surface area contributed by atoms with E-state index in [4.69, 9.17) is 0 Å². The number of rotatable bonds is 1. The predicted octanol–water partition coefficient (Wildman–Crippen LogP) is 0.840. The van der Waals surface area contributed by atoms with Crippen LogP contribution in [0.4, 0.5) is 0 Å². The van der Waals surface area contributed by atoms with Gasteiger partial charge in [0.25, 0.3) is 6.33 Å². The molecule has 92 valence electrons. The molecular formula is C14H16N3O+. The van der Waals surface area contributed by atoms with Gasteiger partial charge in [0.1, 0.15) is 18.4 Å². The second-order valence-corrected chi connectivity index (χ2v) is 4.66. The average molecular weight is 242 g/mol. The van der Waals surface area contributed by atoms with E-state index >= 15 is 0 Å². The molecule has 0 amide bonds. The van der Waals surface area contributed by atoms with Gasteiger partial charge in [0.2, 0.25) is 0 Å². The Labute approximate surface area is 106 Å². The van der Waals surface area contributed by atoms with E-state index in [0.717, 1.165) is 18.5 Å². The highest BCUT2D eigenvalue weighted by Crippen LogP contribution is 2.23. The number of nitrogens with one attached hydrogen (secondary N) is 1. The first kappa shape index (κ1) is 11.2. The standard InChI is InChI=1S/C14H16N3O/c1-16-8-9-17(10-16)14(18)13-12-5-3-2-4-11(12)6-7-15-13/h2-5,8-10,13,15H,6-7H2,1H3/q+1. The fourth-order valence-electron chi connectivity index (χ4n) is 2.45. The van der Waals surface area contributed by atoms with Crippen molar-refractivity contribution in [3.63, 3.8) is 0 Å². The summed E-state index contributed by atoms with van der Waals surface area (Å²) < 4.78 is 3.51. The molecule has 0 aliphatic carbocycles. The summed E-state index contributed by atoms with van der Waals surface area (Å²) in [5, 5.41) is 3.30. The number of benzene rings is 1. The first-order valence-corrected chi connectivity index (χ1v) is 6.14. The van der Waals surface area contributed by atoms with Crippen LogP contribution in [0.3, 0.4) is 0 Å². The third-order valence-corrected chi connectivity index (χ3v) is 3.38. The molecule has 1 aromatic carbocycles. The van der Waals surface area contributed by atoms with Crippen LogP contribution in [0.1, 0.15) is 22.0 Å². The van der Waals surface area contributed by atoms with Gasteiger partial charge in [0, 0.05) is 6.54 Å². The van der Waals surface area contributed by atoms with Crippen molar-refractivity contribution in [1.82, 2.24) is 9.88 Å². The topological polar surface area (TPSA) is 37.9 Å². The molecule has 2 heterocycles. The van der Waals surface area contributed by atoms with Crippen molar-refractivity contribution >= 4 is 5.91 Å². The maximum atomic E-state index is 12.5. The molecule has 0 saturated carbocycles. The second-order valence-electron chi connectivity index (χ2n) is 4.66. The molecule has 1 unspecified atom stereocenters. The monoisotopic (exact) mass is 242 g/mol. The average Bonchev–Trinajstić information content (AvgIpc) is 2.84. The minimum atomic E-state index is -0.234. The van der Waals surface area contributed by atoms with Crippen molar-refractivity contribution in [3.05, 3.63) is 54.1 Å². The fourth-order valence-corrected chi connectivity index (χ4v) is 2.45. The first-order chi connectivity index (χ1) is 8.75. The summed E-state index contributed by atoms with van der Waals surface area (Å²) in [4.78, 5) is 12.5. The first-order valence-electron chi connectivity index (χ1n) is 6.14. The van der Waals surface area contributed by atoms with Crippen molar-refractivity contribution in [1.29, 1.82) is 0 Å². The molecule has 18 heavy (non-hydrogen) atoms. The van der Waals surface area contributed by atoms with Crippen LogP contribution in [0.5, 0.6) is 0 Å². The van der Waals surface area contributed by atoms with Crippen LogP contribution in [-0.4, -0.2) is 17.0 Å². The molecule has 4 heteroatoms. The van der Waals surface area contributed by atoms with Gasteiger partial charge in [0.05, 0.1) is 7.05 Å². The number of nitrogens with zero attached hydrogens (tertiary/aromatic N) is 2. The van der Waals surface area contributed by atoms with Crippen LogP contribution < -0.4 is 9.88 Å². The van der Waals surface area contributed by atoms with E-state index in [0.29, 0.717) is 0 Å². The maximum Gasteiger partial charge on any atom is 0.335 e. The van der Waals surface area contributed by atoms with E-state index < -0.39 is 0 Å². The molecule has 1 aliphatic heterocycles. The summed E-state index contributed by atoms with van der Waals surface area (Å²) in [6, 6.07) is 7.92. The summed E-state index contributed by atoms with van der Waals surface area (Å²) in [5.74, 6) is 0.0720. The number of carbonyl (C=O) groups is 1. The zero-order valence-electron chi connectivity index (χ0n) is 10.3. The lowest BCUT2D eigenvalue weighted by molar-refractivity contribution is -0.670. The Morgan fingerprint density at radius 3 is 3.06 bits per heavy atom. The molecule has 0 bridgehead atoms. The van der Waals surface area contributed by atoms with Crippen LogP contribution in [0.2, 0.25) is 0 Å². The van der Waals surface area contributed by atoms with Crippen molar-refractivity contribution in [2.75, 3.05) is 6.54 Å². The molecular weight excluding hydrogens is 226 g/mol. The van der Waals surface area contributed by atoms with E-state index in [2.05, 4.69) is 11.4 Å². The quantitative estimate of drug-likeness (QED) is 0.753. The Bertz CT molecular complexity index is 588. The highest BCUT2D eigenvalue weighted by Gasteiger charge is 2.29. The van der Waals surface area contributed by atoms with Gasteiger partial charge in [-0.15, -0.1) is 0 Å². The van der Waals surface area contributed by atoms with Gasteiger partial charge >= 0.3 is 5.91 Å². The van der Waals surface area contributed by atoms with Crippen molar-refractivity contribution in [2.24, 2.45) is 7.05 Å². The molecule has 0 fully saturated rings. The Kier molecular flexibility index (Phi) is 2.72. The van der Waals surface area contributed by atoms with Crippen LogP contribution in [0.15, 0.2) is 43.0 Å². The Morgan fingerprint density at radius 1 is 1.44 bits per heavy atom. The SMILES string of the molecule is C[n+]1ccn(C(=O)C2NCCc3ccccc32)c1. The van der Waals surface area contributed by atoms with Gasteiger partial charge in [-0.05, 0) is 17.5 Å². The summed E-state index contributed by atoms with van der Waals surface area (Å²) >= 11 is 0. The molecule has 1 aliphatic rings. The van der Waals surface area contributed by atoms with E-state index in [9.17, 15) is 4.79 Å².